The highest BCUT2D eigenvalue weighted by molar-refractivity contribution is 5.44. The van der Waals surface area contributed by atoms with Crippen LogP contribution < -0.4 is 0 Å². The lowest BCUT2D eigenvalue weighted by atomic mass is 10.2. The standard InChI is InChI=1S/C12H12N6O2/c1-3-9-11(18(19)20)10(4-2)17(16-9)12-14-6-5-8(7-13)15-12/h5-6H,3-4H2,1-2H3. The topological polar surface area (TPSA) is 111 Å². The van der Waals surface area contributed by atoms with Gasteiger partial charge in [-0.1, -0.05) is 13.8 Å². The summed E-state index contributed by atoms with van der Waals surface area (Å²) in [7, 11) is 0. The summed E-state index contributed by atoms with van der Waals surface area (Å²) < 4.78 is 1.35. The van der Waals surface area contributed by atoms with Gasteiger partial charge in [-0.2, -0.15) is 15.0 Å². The van der Waals surface area contributed by atoms with Crippen molar-refractivity contribution in [1.82, 2.24) is 19.7 Å². The Kier molecular flexibility index (Phi) is 3.70. The number of rotatable bonds is 4. The molecule has 0 aliphatic heterocycles. The fraction of sp³-hybridized carbons (Fsp3) is 0.333. The molecule has 8 nitrogen and oxygen atoms in total. The first-order valence-electron chi connectivity index (χ1n) is 6.11. The second kappa shape index (κ2) is 5.44. The van der Waals surface area contributed by atoms with E-state index in [9.17, 15) is 10.1 Å². The van der Waals surface area contributed by atoms with E-state index >= 15 is 0 Å². The predicted molar refractivity (Wildman–Crippen MR) is 69.3 cm³/mol. The summed E-state index contributed by atoms with van der Waals surface area (Å²) in [6, 6.07) is 3.37. The molecule has 0 aliphatic carbocycles. The number of aryl methyl sites for hydroxylation is 1. The van der Waals surface area contributed by atoms with Crippen molar-refractivity contribution in [2.24, 2.45) is 0 Å². The molecule has 0 saturated carbocycles. The molecule has 0 aromatic carbocycles. The van der Waals surface area contributed by atoms with Crippen molar-refractivity contribution in [3.05, 3.63) is 39.5 Å². The Hall–Kier alpha value is -2.82. The average molecular weight is 272 g/mol. The third-order valence-electron chi connectivity index (χ3n) is 2.82. The minimum atomic E-state index is -0.435. The summed E-state index contributed by atoms with van der Waals surface area (Å²) in [4.78, 5) is 18.8. The lowest BCUT2D eigenvalue weighted by molar-refractivity contribution is -0.386. The summed E-state index contributed by atoms with van der Waals surface area (Å²) in [6.45, 7) is 3.60. The molecule has 0 saturated heterocycles. The van der Waals surface area contributed by atoms with Gasteiger partial charge in [0, 0.05) is 6.20 Å². The minimum Gasteiger partial charge on any atom is -0.258 e. The molecule has 2 aromatic heterocycles. The van der Waals surface area contributed by atoms with Crippen LogP contribution in [0.3, 0.4) is 0 Å². The van der Waals surface area contributed by atoms with E-state index in [1.165, 1.54) is 16.9 Å². The van der Waals surface area contributed by atoms with Gasteiger partial charge in [0.2, 0.25) is 0 Å². The van der Waals surface area contributed by atoms with Crippen LogP contribution in [0.4, 0.5) is 5.69 Å². The average Bonchev–Trinajstić information content (AvgIpc) is 2.86. The lowest BCUT2D eigenvalue weighted by Gasteiger charge is -2.02. The van der Waals surface area contributed by atoms with Crippen molar-refractivity contribution in [2.75, 3.05) is 0 Å². The summed E-state index contributed by atoms with van der Waals surface area (Å²) in [5.74, 6) is 0.170. The van der Waals surface area contributed by atoms with Crippen molar-refractivity contribution in [3.63, 3.8) is 0 Å². The van der Waals surface area contributed by atoms with Gasteiger partial charge < -0.3 is 0 Å². The number of nitrogens with zero attached hydrogens (tertiary/aromatic N) is 6. The monoisotopic (exact) mass is 272 g/mol. The Morgan fingerprint density at radius 3 is 2.75 bits per heavy atom. The van der Waals surface area contributed by atoms with Gasteiger partial charge in [-0.3, -0.25) is 10.1 Å². The van der Waals surface area contributed by atoms with Crippen LogP contribution in [0.15, 0.2) is 12.3 Å². The third kappa shape index (κ3) is 2.21. The predicted octanol–water partition coefficient (Wildman–Crippen LogP) is 1.57. The first-order valence-corrected chi connectivity index (χ1v) is 6.11. The third-order valence-corrected chi connectivity index (χ3v) is 2.82. The molecule has 0 aliphatic rings. The van der Waals surface area contributed by atoms with E-state index in [0.717, 1.165) is 0 Å². The molecule has 2 rings (SSSR count). The molecule has 2 aromatic rings. The number of nitro groups is 1. The maximum atomic E-state index is 11.2. The molecule has 0 amide bonds. The largest absolute Gasteiger partial charge is 0.313 e. The first kappa shape index (κ1) is 13.6. The molecule has 20 heavy (non-hydrogen) atoms. The Labute approximate surface area is 114 Å². The van der Waals surface area contributed by atoms with Gasteiger partial charge in [0.1, 0.15) is 23.2 Å². The first-order chi connectivity index (χ1) is 9.62. The zero-order chi connectivity index (χ0) is 14.7. The van der Waals surface area contributed by atoms with Crippen LogP contribution in [0.2, 0.25) is 0 Å². The second-order valence-electron chi connectivity index (χ2n) is 3.97. The SMILES string of the molecule is CCc1nn(-c2nccc(C#N)n2)c(CC)c1[N+](=O)[O-]. The number of hydrogen-bond donors (Lipinski definition) is 0. The van der Waals surface area contributed by atoms with E-state index in [4.69, 9.17) is 5.26 Å². The molecular weight excluding hydrogens is 260 g/mol. The molecule has 0 atom stereocenters. The Morgan fingerprint density at radius 2 is 2.20 bits per heavy atom. The van der Waals surface area contributed by atoms with Gasteiger partial charge >= 0.3 is 5.69 Å². The number of hydrogen-bond acceptors (Lipinski definition) is 6. The minimum absolute atomic E-state index is 0.000890. The van der Waals surface area contributed by atoms with Crippen molar-refractivity contribution in [2.45, 2.75) is 26.7 Å². The van der Waals surface area contributed by atoms with Crippen LogP contribution in [0.25, 0.3) is 5.95 Å². The molecule has 0 unspecified atom stereocenters. The molecular formula is C12H12N6O2. The molecule has 8 heteroatoms. The summed E-state index contributed by atoms with van der Waals surface area (Å²) in [5, 5.41) is 24.2. The van der Waals surface area contributed by atoms with Gasteiger partial charge in [-0.25, -0.2) is 9.97 Å². The van der Waals surface area contributed by atoms with Crippen LogP contribution in [0, 0.1) is 21.4 Å². The second-order valence-corrected chi connectivity index (χ2v) is 3.97. The van der Waals surface area contributed by atoms with Crippen molar-refractivity contribution in [3.8, 4) is 12.0 Å². The van der Waals surface area contributed by atoms with Gasteiger partial charge in [0.05, 0.1) is 4.92 Å². The van der Waals surface area contributed by atoms with Crippen LogP contribution in [-0.4, -0.2) is 24.7 Å². The molecule has 2 heterocycles. The van der Waals surface area contributed by atoms with Crippen molar-refractivity contribution < 1.29 is 4.92 Å². The highest BCUT2D eigenvalue weighted by Crippen LogP contribution is 2.26. The Balaban J connectivity index is 2.68. The summed E-state index contributed by atoms with van der Waals surface area (Å²) in [5.41, 5.74) is 1.01. The molecule has 0 N–H and O–H groups in total. The zero-order valence-electron chi connectivity index (χ0n) is 11.1. The molecule has 102 valence electrons. The number of aromatic nitrogens is 4. The number of nitriles is 1. The van der Waals surface area contributed by atoms with Gasteiger partial charge in [-0.05, 0) is 18.9 Å². The fourth-order valence-corrected chi connectivity index (χ4v) is 1.94. The molecule has 0 bridgehead atoms. The van der Waals surface area contributed by atoms with E-state index in [1.807, 2.05) is 6.07 Å². The summed E-state index contributed by atoms with van der Waals surface area (Å²) in [6.07, 6.45) is 2.29. The highest BCUT2D eigenvalue weighted by atomic mass is 16.6. The maximum absolute atomic E-state index is 11.2. The van der Waals surface area contributed by atoms with Crippen LogP contribution in [0.5, 0.6) is 0 Å². The Morgan fingerprint density at radius 1 is 1.45 bits per heavy atom. The van der Waals surface area contributed by atoms with E-state index in [-0.39, 0.29) is 17.3 Å². The molecule has 0 fully saturated rings. The van der Waals surface area contributed by atoms with Gasteiger partial charge in [0.25, 0.3) is 5.95 Å². The van der Waals surface area contributed by atoms with Crippen LogP contribution in [0.1, 0.15) is 30.9 Å². The Bertz CT molecular complexity index is 700. The van der Waals surface area contributed by atoms with Crippen LogP contribution >= 0.6 is 0 Å². The van der Waals surface area contributed by atoms with E-state index in [2.05, 4.69) is 15.1 Å². The smallest absolute Gasteiger partial charge is 0.258 e. The lowest BCUT2D eigenvalue weighted by Crippen LogP contribution is -2.07. The maximum Gasteiger partial charge on any atom is 0.313 e. The highest BCUT2D eigenvalue weighted by Gasteiger charge is 2.27. The van der Waals surface area contributed by atoms with E-state index in [1.54, 1.807) is 13.8 Å². The van der Waals surface area contributed by atoms with E-state index in [0.29, 0.717) is 24.2 Å². The van der Waals surface area contributed by atoms with E-state index < -0.39 is 4.92 Å². The molecule has 0 radical (unpaired) electrons. The molecule has 0 spiro atoms. The van der Waals surface area contributed by atoms with Gasteiger partial charge in [0.15, 0.2) is 0 Å². The normalized spacial score (nSPS) is 10.2. The van der Waals surface area contributed by atoms with Gasteiger partial charge in [-0.15, -0.1) is 0 Å². The van der Waals surface area contributed by atoms with Crippen molar-refractivity contribution in [1.29, 1.82) is 5.26 Å². The van der Waals surface area contributed by atoms with Crippen LogP contribution in [-0.2, 0) is 12.8 Å². The fourth-order valence-electron chi connectivity index (χ4n) is 1.94. The zero-order valence-corrected chi connectivity index (χ0v) is 11.1. The van der Waals surface area contributed by atoms with Crippen molar-refractivity contribution >= 4 is 5.69 Å². The summed E-state index contributed by atoms with van der Waals surface area (Å²) >= 11 is 0. The quantitative estimate of drug-likeness (QED) is 0.617.